The Kier molecular flexibility index (Phi) is 5.54. The Bertz CT molecular complexity index is 648. The largest absolute Gasteiger partial charge is 0.399 e. The number of nitrogens with zero attached hydrogens (tertiary/aromatic N) is 1. The van der Waals surface area contributed by atoms with Gasteiger partial charge in [-0.1, -0.05) is 42.5 Å². The highest BCUT2D eigenvalue weighted by atomic mass is 16.3. The molecule has 24 heavy (non-hydrogen) atoms. The van der Waals surface area contributed by atoms with E-state index < -0.39 is 6.10 Å². The summed E-state index contributed by atoms with van der Waals surface area (Å²) in [6.45, 7) is 4.81. The van der Waals surface area contributed by atoms with Gasteiger partial charge in [-0.25, -0.2) is 0 Å². The first-order valence-corrected chi connectivity index (χ1v) is 8.92. The van der Waals surface area contributed by atoms with Crippen molar-refractivity contribution < 1.29 is 5.11 Å². The molecule has 1 heterocycles. The topological polar surface area (TPSA) is 49.5 Å². The molecule has 0 saturated carbocycles. The van der Waals surface area contributed by atoms with Crippen LogP contribution in [0.25, 0.3) is 0 Å². The fourth-order valence-corrected chi connectivity index (χ4v) is 3.54. The quantitative estimate of drug-likeness (QED) is 0.827. The average Bonchev–Trinajstić information content (AvgIpc) is 2.60. The first-order chi connectivity index (χ1) is 11.6. The number of β-amino-alcohol motifs (C(OH)–C–C–N with tert-alkyl or cyclic N) is 1. The molecule has 1 fully saturated rings. The van der Waals surface area contributed by atoms with Gasteiger partial charge < -0.3 is 15.7 Å². The van der Waals surface area contributed by atoms with Crippen LogP contribution in [0.1, 0.15) is 35.6 Å². The Hall–Kier alpha value is -1.84. The van der Waals surface area contributed by atoms with Gasteiger partial charge in [0.25, 0.3) is 0 Å². The average molecular weight is 324 g/mol. The summed E-state index contributed by atoms with van der Waals surface area (Å²) in [7, 11) is 0. The summed E-state index contributed by atoms with van der Waals surface area (Å²) in [4.78, 5) is 2.38. The third-order valence-electron chi connectivity index (χ3n) is 5.19. The lowest BCUT2D eigenvalue weighted by atomic mass is 9.90. The van der Waals surface area contributed by atoms with Gasteiger partial charge in [0.05, 0.1) is 6.10 Å². The van der Waals surface area contributed by atoms with Gasteiger partial charge in [-0.3, -0.25) is 0 Å². The van der Waals surface area contributed by atoms with Crippen molar-refractivity contribution in [2.45, 2.75) is 32.3 Å². The molecule has 3 nitrogen and oxygen atoms in total. The molecule has 1 saturated heterocycles. The lowest BCUT2D eigenvalue weighted by molar-refractivity contribution is 0.0893. The number of aliphatic hydroxyl groups excluding tert-OH is 1. The molecule has 2 aromatic rings. The second-order valence-corrected chi connectivity index (χ2v) is 7.07. The first-order valence-electron chi connectivity index (χ1n) is 8.92. The number of piperidine rings is 1. The summed E-state index contributed by atoms with van der Waals surface area (Å²) >= 11 is 0. The summed E-state index contributed by atoms with van der Waals surface area (Å²) in [6.07, 6.45) is 3.12. The minimum atomic E-state index is -0.460. The van der Waals surface area contributed by atoms with Crippen molar-refractivity contribution in [2.24, 2.45) is 5.92 Å². The fraction of sp³-hybridized carbons (Fsp3) is 0.429. The zero-order chi connectivity index (χ0) is 16.9. The summed E-state index contributed by atoms with van der Waals surface area (Å²) < 4.78 is 0. The molecular weight excluding hydrogens is 296 g/mol. The van der Waals surface area contributed by atoms with Gasteiger partial charge >= 0.3 is 0 Å². The fourth-order valence-electron chi connectivity index (χ4n) is 3.54. The van der Waals surface area contributed by atoms with Crippen molar-refractivity contribution in [3.63, 3.8) is 0 Å². The SMILES string of the molecule is Cc1ccc(C(O)CN2CCC(Cc3ccccc3)CC2)cc1N. The predicted molar refractivity (Wildman–Crippen MR) is 99.9 cm³/mol. The number of hydrogen-bond donors (Lipinski definition) is 2. The number of rotatable bonds is 5. The zero-order valence-corrected chi connectivity index (χ0v) is 14.5. The molecule has 1 aliphatic rings. The standard InChI is InChI=1S/C21H28N2O/c1-16-7-8-19(14-20(16)22)21(24)15-23-11-9-18(10-12-23)13-17-5-3-2-4-6-17/h2-8,14,18,21,24H,9-13,15,22H2,1H3. The lowest BCUT2D eigenvalue weighted by Crippen LogP contribution is -2.37. The van der Waals surface area contributed by atoms with Crippen molar-refractivity contribution in [3.8, 4) is 0 Å². The maximum absolute atomic E-state index is 10.5. The Morgan fingerprint density at radius 1 is 1.12 bits per heavy atom. The number of aryl methyl sites for hydroxylation is 1. The molecule has 0 aliphatic carbocycles. The van der Waals surface area contributed by atoms with Crippen LogP contribution in [0.2, 0.25) is 0 Å². The molecule has 1 atom stereocenters. The summed E-state index contributed by atoms with van der Waals surface area (Å²) in [6, 6.07) is 16.6. The molecule has 0 aromatic heterocycles. The van der Waals surface area contributed by atoms with Gasteiger partial charge in [-0.2, -0.15) is 0 Å². The van der Waals surface area contributed by atoms with Crippen molar-refractivity contribution in [3.05, 3.63) is 65.2 Å². The van der Waals surface area contributed by atoms with Crippen molar-refractivity contribution in [2.75, 3.05) is 25.4 Å². The number of nitrogen functional groups attached to an aromatic ring is 1. The van der Waals surface area contributed by atoms with Gasteiger partial charge in [0.2, 0.25) is 0 Å². The van der Waals surface area contributed by atoms with Gasteiger partial charge in [0.15, 0.2) is 0 Å². The predicted octanol–water partition coefficient (Wildman–Crippen LogP) is 3.57. The molecule has 2 aromatic carbocycles. The highest BCUT2D eigenvalue weighted by Gasteiger charge is 2.22. The zero-order valence-electron chi connectivity index (χ0n) is 14.5. The molecule has 128 valence electrons. The number of likely N-dealkylation sites (tertiary alicyclic amines) is 1. The van der Waals surface area contributed by atoms with Gasteiger partial charge in [-0.15, -0.1) is 0 Å². The van der Waals surface area contributed by atoms with Crippen molar-refractivity contribution >= 4 is 5.69 Å². The summed E-state index contributed by atoms with van der Waals surface area (Å²) in [5.41, 5.74) is 10.1. The van der Waals surface area contributed by atoms with Crippen LogP contribution in [0.3, 0.4) is 0 Å². The van der Waals surface area contributed by atoms with E-state index >= 15 is 0 Å². The normalized spacial score (nSPS) is 17.8. The molecule has 0 radical (unpaired) electrons. The van der Waals surface area contributed by atoms with Crippen LogP contribution in [-0.2, 0) is 6.42 Å². The van der Waals surface area contributed by atoms with Crippen LogP contribution >= 0.6 is 0 Å². The smallest absolute Gasteiger partial charge is 0.0917 e. The van der Waals surface area contributed by atoms with Crippen LogP contribution in [0.5, 0.6) is 0 Å². The van der Waals surface area contributed by atoms with Crippen LogP contribution in [-0.4, -0.2) is 29.6 Å². The van der Waals surface area contributed by atoms with E-state index in [1.165, 1.54) is 24.8 Å². The van der Waals surface area contributed by atoms with Gasteiger partial charge in [0.1, 0.15) is 0 Å². The maximum atomic E-state index is 10.5. The van der Waals surface area contributed by atoms with E-state index in [1.54, 1.807) is 0 Å². The minimum absolute atomic E-state index is 0.460. The van der Waals surface area contributed by atoms with E-state index in [0.29, 0.717) is 6.54 Å². The molecule has 3 heteroatoms. The van der Waals surface area contributed by atoms with E-state index in [1.807, 2.05) is 25.1 Å². The van der Waals surface area contributed by atoms with Crippen molar-refractivity contribution in [1.29, 1.82) is 0 Å². The molecule has 3 N–H and O–H groups in total. The molecule has 0 bridgehead atoms. The van der Waals surface area contributed by atoms with E-state index in [4.69, 9.17) is 5.73 Å². The van der Waals surface area contributed by atoms with Crippen LogP contribution in [0.4, 0.5) is 5.69 Å². The Labute approximate surface area is 145 Å². The highest BCUT2D eigenvalue weighted by molar-refractivity contribution is 5.48. The summed E-state index contributed by atoms with van der Waals surface area (Å²) in [5, 5.41) is 10.5. The van der Waals surface area contributed by atoms with E-state index in [-0.39, 0.29) is 0 Å². The molecule has 1 unspecified atom stereocenters. The summed E-state index contributed by atoms with van der Waals surface area (Å²) in [5.74, 6) is 0.760. The first kappa shape index (κ1) is 17.0. The lowest BCUT2D eigenvalue weighted by Gasteiger charge is -2.33. The molecule has 0 spiro atoms. The second kappa shape index (κ2) is 7.82. The molecular formula is C21H28N2O. The Morgan fingerprint density at radius 2 is 1.83 bits per heavy atom. The molecule has 3 rings (SSSR count). The number of anilines is 1. The van der Waals surface area contributed by atoms with Crippen LogP contribution in [0.15, 0.2) is 48.5 Å². The number of aliphatic hydroxyl groups is 1. The number of hydrogen-bond acceptors (Lipinski definition) is 3. The van der Waals surface area contributed by atoms with E-state index in [2.05, 4.69) is 35.2 Å². The van der Waals surface area contributed by atoms with E-state index in [0.717, 1.165) is 35.8 Å². The Balaban J connectivity index is 1.49. The monoisotopic (exact) mass is 324 g/mol. The van der Waals surface area contributed by atoms with Crippen molar-refractivity contribution in [1.82, 2.24) is 4.90 Å². The molecule has 0 amide bonds. The van der Waals surface area contributed by atoms with Gasteiger partial charge in [0, 0.05) is 12.2 Å². The molecule has 1 aliphatic heterocycles. The van der Waals surface area contributed by atoms with Gasteiger partial charge in [-0.05, 0) is 68.0 Å². The number of benzene rings is 2. The van der Waals surface area contributed by atoms with Crippen LogP contribution in [0, 0.1) is 12.8 Å². The van der Waals surface area contributed by atoms with E-state index in [9.17, 15) is 5.11 Å². The maximum Gasteiger partial charge on any atom is 0.0917 e. The third kappa shape index (κ3) is 4.37. The highest BCUT2D eigenvalue weighted by Crippen LogP contribution is 2.25. The minimum Gasteiger partial charge on any atom is -0.399 e. The number of nitrogens with two attached hydrogens (primary N) is 1. The van der Waals surface area contributed by atoms with Crippen LogP contribution < -0.4 is 5.73 Å². The Morgan fingerprint density at radius 3 is 2.50 bits per heavy atom. The third-order valence-corrected chi connectivity index (χ3v) is 5.19. The second-order valence-electron chi connectivity index (χ2n) is 7.07.